The molecule has 1 aliphatic heterocycles. The van der Waals surface area contributed by atoms with Crippen molar-refractivity contribution in [3.63, 3.8) is 0 Å². The zero-order valence-electron chi connectivity index (χ0n) is 20.5. The van der Waals surface area contributed by atoms with E-state index in [1.165, 1.54) is 12.1 Å². The van der Waals surface area contributed by atoms with Gasteiger partial charge in [0.1, 0.15) is 11.8 Å². The van der Waals surface area contributed by atoms with Crippen molar-refractivity contribution in [2.75, 3.05) is 25.0 Å². The molecule has 1 aliphatic carbocycles. The molecular formula is C27H27F3N6O2. The predicted molar refractivity (Wildman–Crippen MR) is 135 cm³/mol. The molecule has 8 nitrogen and oxygen atoms in total. The standard InChI is InChI=1S/C27H27F3N6O2/c28-27(29,30)17-4-9-23-22(11-17)24(12-18(13-31)33-23)32-14-25(37)34-19-15-35(16-19)20-5-7-21(8-6-20)36-10-2-1-3-26(36)38/h1-4,9-12,19-21H,5-8,14-16H2,(H,32,33)(H,34,37)/t20-,21+. The first-order valence-corrected chi connectivity index (χ1v) is 12.6. The molecule has 0 bridgehead atoms. The molecule has 3 aromatic rings. The summed E-state index contributed by atoms with van der Waals surface area (Å²) in [6, 6.07) is 12.2. The third kappa shape index (κ3) is 5.50. The van der Waals surface area contributed by atoms with Crippen LogP contribution in [0.5, 0.6) is 0 Å². The van der Waals surface area contributed by atoms with Crippen molar-refractivity contribution in [3.05, 3.63) is 70.3 Å². The number of nitrogens with one attached hydrogen (secondary N) is 2. The Morgan fingerprint density at radius 2 is 1.82 bits per heavy atom. The number of aromatic nitrogens is 2. The Kier molecular flexibility index (Phi) is 7.08. The van der Waals surface area contributed by atoms with Crippen molar-refractivity contribution in [2.45, 2.75) is 50.0 Å². The summed E-state index contributed by atoms with van der Waals surface area (Å²) in [4.78, 5) is 31.1. The number of rotatable bonds is 6. The number of fused-ring (bicyclic) bond motifs is 1. The summed E-state index contributed by atoms with van der Waals surface area (Å²) in [6.45, 7) is 1.32. The number of hydrogen-bond donors (Lipinski definition) is 2. The van der Waals surface area contributed by atoms with Gasteiger partial charge in [-0.25, -0.2) is 4.98 Å². The average molecular weight is 525 g/mol. The van der Waals surface area contributed by atoms with Gasteiger partial charge in [-0.05, 0) is 56.0 Å². The summed E-state index contributed by atoms with van der Waals surface area (Å²) < 4.78 is 41.4. The van der Waals surface area contributed by atoms with Gasteiger partial charge in [0.2, 0.25) is 5.91 Å². The number of carbonyl (C=O) groups is 1. The van der Waals surface area contributed by atoms with Gasteiger partial charge in [0, 0.05) is 48.5 Å². The number of carbonyl (C=O) groups excluding carboxylic acids is 1. The average Bonchev–Trinajstić information content (AvgIpc) is 2.88. The van der Waals surface area contributed by atoms with Gasteiger partial charge in [-0.2, -0.15) is 18.4 Å². The van der Waals surface area contributed by atoms with Crippen LogP contribution in [0.15, 0.2) is 53.5 Å². The highest BCUT2D eigenvalue weighted by molar-refractivity contribution is 5.94. The number of benzene rings is 1. The molecular weight excluding hydrogens is 497 g/mol. The first kappa shape index (κ1) is 25.7. The smallest absolute Gasteiger partial charge is 0.376 e. The number of anilines is 1. The maximum Gasteiger partial charge on any atom is 0.416 e. The normalized spacial score (nSPS) is 20.5. The van der Waals surface area contributed by atoms with Gasteiger partial charge in [-0.15, -0.1) is 0 Å². The lowest BCUT2D eigenvalue weighted by Gasteiger charge is -2.46. The molecule has 5 rings (SSSR count). The van der Waals surface area contributed by atoms with E-state index in [1.54, 1.807) is 12.1 Å². The second-order valence-corrected chi connectivity index (χ2v) is 9.88. The number of pyridine rings is 2. The lowest BCUT2D eigenvalue weighted by atomic mass is 9.88. The largest absolute Gasteiger partial charge is 0.416 e. The van der Waals surface area contributed by atoms with Crippen LogP contribution in [0.2, 0.25) is 0 Å². The molecule has 3 heterocycles. The zero-order chi connectivity index (χ0) is 26.9. The lowest BCUT2D eigenvalue weighted by Crippen LogP contribution is -2.63. The molecule has 1 saturated carbocycles. The van der Waals surface area contributed by atoms with Crippen LogP contribution in [0.4, 0.5) is 18.9 Å². The summed E-state index contributed by atoms with van der Waals surface area (Å²) in [6.07, 6.45) is 1.18. The third-order valence-corrected chi connectivity index (χ3v) is 7.39. The van der Waals surface area contributed by atoms with Crippen molar-refractivity contribution < 1.29 is 18.0 Å². The molecule has 198 valence electrons. The molecule has 0 atom stereocenters. The molecule has 11 heteroatoms. The number of nitrogens with zero attached hydrogens (tertiary/aromatic N) is 4. The summed E-state index contributed by atoms with van der Waals surface area (Å²) >= 11 is 0. The van der Waals surface area contributed by atoms with Gasteiger partial charge >= 0.3 is 6.18 Å². The second-order valence-electron chi connectivity index (χ2n) is 9.88. The van der Waals surface area contributed by atoms with Crippen LogP contribution in [-0.4, -0.2) is 52.1 Å². The number of halogens is 3. The summed E-state index contributed by atoms with van der Waals surface area (Å²) in [5.74, 6) is -0.280. The first-order valence-electron chi connectivity index (χ1n) is 12.6. The molecule has 2 fully saturated rings. The van der Waals surface area contributed by atoms with Crippen molar-refractivity contribution in [1.82, 2.24) is 19.8 Å². The van der Waals surface area contributed by atoms with Crippen LogP contribution in [-0.2, 0) is 11.0 Å². The van der Waals surface area contributed by atoms with Gasteiger partial charge in [0.05, 0.1) is 23.7 Å². The van der Waals surface area contributed by atoms with Crippen molar-refractivity contribution in [1.29, 1.82) is 5.26 Å². The van der Waals surface area contributed by atoms with Gasteiger partial charge in [0.15, 0.2) is 0 Å². The van der Waals surface area contributed by atoms with E-state index >= 15 is 0 Å². The molecule has 38 heavy (non-hydrogen) atoms. The van der Waals surface area contributed by atoms with Crippen molar-refractivity contribution >= 4 is 22.5 Å². The first-order chi connectivity index (χ1) is 18.2. The Morgan fingerprint density at radius 1 is 1.08 bits per heavy atom. The number of alkyl halides is 3. The Bertz CT molecular complexity index is 1430. The fraction of sp³-hybridized carbons (Fsp3) is 0.407. The van der Waals surface area contributed by atoms with E-state index in [-0.39, 0.29) is 52.4 Å². The topological polar surface area (TPSA) is 103 Å². The third-order valence-electron chi connectivity index (χ3n) is 7.39. The fourth-order valence-electron chi connectivity index (χ4n) is 5.40. The zero-order valence-corrected chi connectivity index (χ0v) is 20.5. The van der Waals surface area contributed by atoms with Gasteiger partial charge in [0.25, 0.3) is 5.56 Å². The molecule has 1 saturated heterocycles. The van der Waals surface area contributed by atoms with Gasteiger partial charge < -0.3 is 15.2 Å². The fourth-order valence-corrected chi connectivity index (χ4v) is 5.40. The predicted octanol–water partition coefficient (Wildman–Crippen LogP) is 3.68. The lowest BCUT2D eigenvalue weighted by molar-refractivity contribution is -0.137. The minimum absolute atomic E-state index is 0.000507. The van der Waals surface area contributed by atoms with Crippen LogP contribution in [0.3, 0.4) is 0 Å². The van der Waals surface area contributed by atoms with E-state index in [4.69, 9.17) is 0 Å². The summed E-state index contributed by atoms with van der Waals surface area (Å²) in [7, 11) is 0. The van der Waals surface area contributed by atoms with Crippen LogP contribution < -0.4 is 16.2 Å². The number of likely N-dealkylation sites (tertiary alicyclic amines) is 1. The molecule has 0 radical (unpaired) electrons. The van der Waals surface area contributed by atoms with Crippen molar-refractivity contribution in [3.8, 4) is 6.07 Å². The van der Waals surface area contributed by atoms with E-state index < -0.39 is 11.7 Å². The molecule has 0 unspecified atom stereocenters. The molecule has 1 aromatic carbocycles. The number of amides is 1. The molecule has 2 aromatic heterocycles. The Hall–Kier alpha value is -3.91. The van der Waals surface area contributed by atoms with E-state index in [9.17, 15) is 28.0 Å². The minimum atomic E-state index is -4.52. The molecule has 2 aliphatic rings. The highest BCUT2D eigenvalue weighted by atomic mass is 19.4. The number of hydrogen-bond acceptors (Lipinski definition) is 6. The van der Waals surface area contributed by atoms with Crippen LogP contribution in [0.25, 0.3) is 10.9 Å². The van der Waals surface area contributed by atoms with Crippen LogP contribution >= 0.6 is 0 Å². The second kappa shape index (κ2) is 10.5. The molecule has 2 N–H and O–H groups in total. The molecule has 0 spiro atoms. The Morgan fingerprint density at radius 3 is 2.50 bits per heavy atom. The number of nitriles is 1. The minimum Gasteiger partial charge on any atom is -0.376 e. The Balaban J connectivity index is 1.13. The van der Waals surface area contributed by atoms with Gasteiger partial charge in [-0.3, -0.25) is 14.5 Å². The van der Waals surface area contributed by atoms with E-state index in [0.717, 1.165) is 50.9 Å². The van der Waals surface area contributed by atoms with Gasteiger partial charge in [-0.1, -0.05) is 6.07 Å². The van der Waals surface area contributed by atoms with Crippen LogP contribution in [0.1, 0.15) is 43.0 Å². The quantitative estimate of drug-likeness (QED) is 0.510. The molecule has 1 amide bonds. The van der Waals surface area contributed by atoms with Crippen LogP contribution in [0, 0.1) is 11.3 Å². The van der Waals surface area contributed by atoms with E-state index in [1.807, 2.05) is 22.9 Å². The summed E-state index contributed by atoms with van der Waals surface area (Å²) in [5.41, 5.74) is -0.274. The SMILES string of the molecule is N#Cc1cc(NCC(=O)NC2CN([C@H]3CC[C@@H](n4ccccc4=O)CC3)C2)c2cc(C(F)(F)F)ccc2n1. The van der Waals surface area contributed by atoms with E-state index in [0.29, 0.717) is 6.04 Å². The highest BCUT2D eigenvalue weighted by Gasteiger charge is 2.35. The van der Waals surface area contributed by atoms with E-state index in [2.05, 4.69) is 20.5 Å². The maximum atomic E-state index is 13.2. The Labute approximate surface area is 217 Å². The summed E-state index contributed by atoms with van der Waals surface area (Å²) in [5, 5.41) is 15.3. The maximum absolute atomic E-state index is 13.2. The highest BCUT2D eigenvalue weighted by Crippen LogP contribution is 2.34. The monoisotopic (exact) mass is 524 g/mol. The van der Waals surface area contributed by atoms with Crippen molar-refractivity contribution in [2.24, 2.45) is 0 Å².